The third-order valence-electron chi connectivity index (χ3n) is 4.63. The molecule has 2 rings (SSSR count). The summed E-state index contributed by atoms with van der Waals surface area (Å²) in [6.07, 6.45) is -0.388. The minimum Gasteiger partial charge on any atom is -0.368 e. The molecule has 5 nitrogen and oxygen atoms in total. The molecule has 0 aliphatic carbocycles. The Morgan fingerprint density at radius 3 is 2.00 bits per heavy atom. The Bertz CT molecular complexity index is 880. The van der Waals surface area contributed by atoms with Crippen LogP contribution in [0.15, 0.2) is 48.5 Å². The number of carbonyl (C=O) groups excluding carboxylic acids is 3. The molecule has 0 aromatic heterocycles. The van der Waals surface area contributed by atoms with E-state index in [0.717, 1.165) is 17.0 Å². The van der Waals surface area contributed by atoms with Crippen molar-refractivity contribution in [1.82, 2.24) is 4.90 Å². The Kier molecular flexibility index (Phi) is 7.20. The molecule has 154 valence electrons. The molecule has 7 heteroatoms. The van der Waals surface area contributed by atoms with Crippen molar-refractivity contribution in [3.05, 3.63) is 71.3 Å². The first-order valence-corrected chi connectivity index (χ1v) is 9.26. The molecule has 0 bridgehead atoms. The summed E-state index contributed by atoms with van der Waals surface area (Å²) in [5.41, 5.74) is 6.07. The third kappa shape index (κ3) is 5.47. The number of Topliss-reactive ketones (excluding diaryl/α,β-unsaturated/α-hetero) is 1. The minimum atomic E-state index is -1.10. The molecule has 2 atom stereocenters. The quantitative estimate of drug-likeness (QED) is 0.736. The highest BCUT2D eigenvalue weighted by atomic mass is 19.1. The summed E-state index contributed by atoms with van der Waals surface area (Å²) in [6, 6.07) is 9.18. The van der Waals surface area contributed by atoms with Crippen LogP contribution in [0, 0.1) is 17.6 Å². The van der Waals surface area contributed by atoms with Crippen LogP contribution < -0.4 is 5.73 Å². The van der Waals surface area contributed by atoms with Gasteiger partial charge < -0.3 is 10.6 Å². The van der Waals surface area contributed by atoms with Crippen LogP contribution in [0.4, 0.5) is 8.78 Å². The van der Waals surface area contributed by atoms with E-state index in [2.05, 4.69) is 0 Å². The molecular weight excluding hydrogens is 378 g/mol. The monoisotopic (exact) mass is 402 g/mol. The number of primary amides is 1. The molecule has 0 heterocycles. The summed E-state index contributed by atoms with van der Waals surface area (Å²) < 4.78 is 27.1. The fourth-order valence-electron chi connectivity index (χ4n) is 3.11. The smallest absolute Gasteiger partial charge is 0.239 e. The fraction of sp³-hybridized carbons (Fsp3) is 0.318. The van der Waals surface area contributed by atoms with Gasteiger partial charge in [-0.05, 0) is 30.2 Å². The predicted molar refractivity (Wildman–Crippen MR) is 105 cm³/mol. The number of carbonyl (C=O) groups is 3. The van der Waals surface area contributed by atoms with E-state index in [1.807, 2.05) is 0 Å². The molecule has 0 aliphatic heterocycles. The van der Waals surface area contributed by atoms with Crippen molar-refractivity contribution in [1.29, 1.82) is 0 Å². The normalized spacial score (nSPS) is 13.0. The van der Waals surface area contributed by atoms with Crippen LogP contribution in [0.5, 0.6) is 0 Å². The number of hydrogen-bond acceptors (Lipinski definition) is 3. The maximum atomic E-state index is 13.5. The number of amides is 2. The fourth-order valence-corrected chi connectivity index (χ4v) is 3.11. The molecule has 0 radical (unpaired) electrons. The first kappa shape index (κ1) is 22.2. The highest BCUT2D eigenvalue weighted by Gasteiger charge is 2.37. The second-order valence-corrected chi connectivity index (χ2v) is 7.20. The van der Waals surface area contributed by atoms with E-state index in [-0.39, 0.29) is 17.8 Å². The zero-order valence-corrected chi connectivity index (χ0v) is 16.6. The van der Waals surface area contributed by atoms with Crippen molar-refractivity contribution in [2.24, 2.45) is 11.7 Å². The number of rotatable bonds is 8. The van der Waals surface area contributed by atoms with Crippen LogP contribution in [-0.2, 0) is 20.8 Å². The van der Waals surface area contributed by atoms with Crippen molar-refractivity contribution in [3.8, 4) is 0 Å². The van der Waals surface area contributed by atoms with Gasteiger partial charge in [-0.15, -0.1) is 0 Å². The number of ketones is 1. The molecule has 0 aliphatic rings. The summed E-state index contributed by atoms with van der Waals surface area (Å²) in [7, 11) is 0. The van der Waals surface area contributed by atoms with Gasteiger partial charge in [0.1, 0.15) is 23.7 Å². The molecule has 0 fully saturated rings. The summed E-state index contributed by atoms with van der Waals surface area (Å²) >= 11 is 0. The van der Waals surface area contributed by atoms with Gasteiger partial charge >= 0.3 is 0 Å². The standard InChI is InChI=1S/C22H24F2N2O3/c1-13(2)21(28)20(16-7-5-4-6-8-16)26(14(3)22(25)29)19(27)11-15-9-17(23)12-18(24)10-15/h4-10,12-14,20H,11H2,1-3H3,(H2,25,29)/t14-,20?/m0/s1. The summed E-state index contributed by atoms with van der Waals surface area (Å²) in [5, 5.41) is 0. The minimum absolute atomic E-state index is 0.0954. The first-order chi connectivity index (χ1) is 13.6. The van der Waals surface area contributed by atoms with Gasteiger partial charge in [-0.1, -0.05) is 44.2 Å². The van der Waals surface area contributed by atoms with Gasteiger partial charge in [0.2, 0.25) is 11.8 Å². The van der Waals surface area contributed by atoms with Crippen LogP contribution in [-0.4, -0.2) is 28.5 Å². The molecule has 0 saturated heterocycles. The van der Waals surface area contributed by atoms with Gasteiger partial charge in [0.05, 0.1) is 6.42 Å². The van der Waals surface area contributed by atoms with Crippen molar-refractivity contribution < 1.29 is 23.2 Å². The van der Waals surface area contributed by atoms with Gasteiger partial charge in [0.15, 0.2) is 5.78 Å². The van der Waals surface area contributed by atoms with Crippen LogP contribution in [0.3, 0.4) is 0 Å². The molecule has 2 amide bonds. The molecule has 1 unspecified atom stereocenters. The number of benzene rings is 2. The third-order valence-corrected chi connectivity index (χ3v) is 4.63. The van der Waals surface area contributed by atoms with Gasteiger partial charge in [-0.3, -0.25) is 14.4 Å². The van der Waals surface area contributed by atoms with Crippen molar-refractivity contribution in [3.63, 3.8) is 0 Å². The number of nitrogens with two attached hydrogens (primary N) is 1. The number of hydrogen-bond donors (Lipinski definition) is 1. The molecule has 0 saturated carbocycles. The molecule has 2 aromatic rings. The van der Waals surface area contributed by atoms with E-state index in [9.17, 15) is 23.2 Å². The first-order valence-electron chi connectivity index (χ1n) is 9.26. The van der Waals surface area contributed by atoms with Crippen LogP contribution in [0.1, 0.15) is 37.9 Å². The lowest BCUT2D eigenvalue weighted by atomic mass is 9.92. The van der Waals surface area contributed by atoms with E-state index in [4.69, 9.17) is 5.73 Å². The topological polar surface area (TPSA) is 80.5 Å². The van der Waals surface area contributed by atoms with E-state index in [1.54, 1.807) is 44.2 Å². The van der Waals surface area contributed by atoms with Crippen LogP contribution in [0.2, 0.25) is 0 Å². The summed E-state index contributed by atoms with van der Waals surface area (Å²) in [6.45, 7) is 4.81. The Morgan fingerprint density at radius 1 is 0.966 bits per heavy atom. The predicted octanol–water partition coefficient (Wildman–Crippen LogP) is 3.18. The molecule has 29 heavy (non-hydrogen) atoms. The average Bonchev–Trinajstić information content (AvgIpc) is 2.64. The van der Waals surface area contributed by atoms with Gasteiger partial charge in [-0.25, -0.2) is 8.78 Å². The van der Waals surface area contributed by atoms with Crippen molar-refractivity contribution >= 4 is 17.6 Å². The molecule has 0 spiro atoms. The van der Waals surface area contributed by atoms with Gasteiger partial charge in [0, 0.05) is 12.0 Å². The zero-order chi connectivity index (χ0) is 21.7. The number of nitrogens with zero attached hydrogens (tertiary/aromatic N) is 1. The highest BCUT2D eigenvalue weighted by molar-refractivity contribution is 5.94. The zero-order valence-electron chi connectivity index (χ0n) is 16.6. The Morgan fingerprint density at radius 2 is 1.52 bits per heavy atom. The lowest BCUT2D eigenvalue weighted by Gasteiger charge is -2.35. The Hall–Kier alpha value is -3.09. The maximum Gasteiger partial charge on any atom is 0.239 e. The largest absolute Gasteiger partial charge is 0.368 e. The summed E-state index contributed by atoms with van der Waals surface area (Å²) in [4.78, 5) is 39.2. The van der Waals surface area contributed by atoms with E-state index >= 15 is 0 Å². The Labute approximate surface area is 168 Å². The second-order valence-electron chi connectivity index (χ2n) is 7.20. The van der Waals surface area contributed by atoms with E-state index in [1.165, 1.54) is 6.92 Å². The van der Waals surface area contributed by atoms with Gasteiger partial charge in [0.25, 0.3) is 0 Å². The van der Waals surface area contributed by atoms with Gasteiger partial charge in [-0.2, -0.15) is 0 Å². The second kappa shape index (κ2) is 9.41. The molecular formula is C22H24F2N2O3. The lowest BCUT2D eigenvalue weighted by Crippen LogP contribution is -2.51. The van der Waals surface area contributed by atoms with Crippen LogP contribution in [0.25, 0.3) is 0 Å². The van der Waals surface area contributed by atoms with E-state index < -0.39 is 41.5 Å². The lowest BCUT2D eigenvalue weighted by molar-refractivity contribution is -0.146. The van der Waals surface area contributed by atoms with E-state index in [0.29, 0.717) is 11.6 Å². The van der Waals surface area contributed by atoms with Crippen LogP contribution >= 0.6 is 0 Å². The maximum absolute atomic E-state index is 13.5. The Balaban J connectivity index is 2.52. The average molecular weight is 402 g/mol. The molecule has 2 N–H and O–H groups in total. The number of halogens is 2. The van der Waals surface area contributed by atoms with Crippen molar-refractivity contribution in [2.45, 2.75) is 39.3 Å². The summed E-state index contributed by atoms with van der Waals surface area (Å²) in [5.74, 6) is -3.77. The molecule has 2 aromatic carbocycles. The van der Waals surface area contributed by atoms with Crippen molar-refractivity contribution in [2.75, 3.05) is 0 Å². The SMILES string of the molecule is CC(C)C(=O)C(c1ccccc1)N(C(=O)Cc1cc(F)cc(F)c1)[C@@H](C)C(N)=O. The highest BCUT2D eigenvalue weighted by Crippen LogP contribution is 2.28.